The van der Waals surface area contributed by atoms with Gasteiger partial charge in [0.1, 0.15) is 72.2 Å². The molecule has 0 unspecified atom stereocenters. The summed E-state index contributed by atoms with van der Waals surface area (Å²) in [5, 5.41) is 120. The molecule has 3 rings (SSSR count). The van der Waals surface area contributed by atoms with Crippen LogP contribution in [0.15, 0.2) is 41.3 Å². The van der Waals surface area contributed by atoms with Crippen molar-refractivity contribution in [2.45, 2.75) is 157 Å². The number of hydrogen-bond donors (Lipinski definition) is 21. The zero-order chi connectivity index (χ0) is 63.6. The number of nitrogens with one attached hydrogen (secondary N) is 9. The molecular formula is C48H71N13O23. The average Bonchev–Trinajstić information content (AvgIpc) is 3.96. The number of carbonyl (C=O) groups is 11. The summed E-state index contributed by atoms with van der Waals surface area (Å²) in [7, 11) is 0. The summed E-state index contributed by atoms with van der Waals surface area (Å²) in [5.41, 5.74) is 10.4. The number of aromatic hydroxyl groups is 1. The fourth-order valence-corrected chi connectivity index (χ4v) is 7.77. The first kappa shape index (κ1) is 69.9. The summed E-state index contributed by atoms with van der Waals surface area (Å²) in [6.45, 7) is 3.26. The molecule has 0 spiro atoms. The quantitative estimate of drug-likeness (QED) is 0.0333. The number of nitrogens with two attached hydrogens (primary N) is 2. The standard InChI is InChI=1S/C48H71N13O23/c1-17(51-39(74)24(49)13-31(70)55-30-10-11-61(48(83)56-30)46-37(72)36(71)28(16-63)84-46)38(73)54-27(15-62)42(77)57-33(19(3)65)44(79)59-34(20(4)66)45(80)58-32(18(2)64)43(78)53-26(14-29(50)69)40(75)52-25(12-22-6-8-23(68)9-7-22)41(76)60-35(21(5)67)47(81)82/h6-11,17-21,24-28,32-37,46,62-68,71-72H,12-16,49H2,1-5H3,(H2,50,69)(H,51,74)(H,52,75)(H,53,78)(H,54,73)(H,57,77)(H,58,80)(H,59,79)(H,60,76)(H,81,82)(H,55,56,70,83)/t17-,18-,19-,20-,21-,24+,25+,26+,27+,28-,32+,33+,34+,35+,36-,37+,46-/m1/s1. The van der Waals surface area contributed by atoms with E-state index in [-0.39, 0.29) is 17.1 Å². The predicted molar refractivity (Wildman–Crippen MR) is 281 cm³/mol. The number of aliphatic hydroxyl groups is 8. The van der Waals surface area contributed by atoms with Crippen LogP contribution in [0, 0.1) is 0 Å². The van der Waals surface area contributed by atoms with Gasteiger partial charge in [-0.25, -0.2) is 9.59 Å². The van der Waals surface area contributed by atoms with Gasteiger partial charge in [-0.15, -0.1) is 0 Å². The Morgan fingerprint density at radius 3 is 1.54 bits per heavy atom. The van der Waals surface area contributed by atoms with Crippen LogP contribution in [0.25, 0.3) is 0 Å². The molecule has 23 N–H and O–H groups in total. The van der Waals surface area contributed by atoms with E-state index in [9.17, 15) is 109 Å². The number of aromatic nitrogens is 2. The Kier molecular flexibility index (Phi) is 26.6. The zero-order valence-electron chi connectivity index (χ0n) is 45.6. The monoisotopic (exact) mass is 1200 g/mol. The van der Waals surface area contributed by atoms with E-state index in [1.165, 1.54) is 24.3 Å². The van der Waals surface area contributed by atoms with Crippen molar-refractivity contribution < 1.29 is 109 Å². The number of benzene rings is 1. The van der Waals surface area contributed by atoms with Crippen molar-refractivity contribution in [2.75, 3.05) is 18.5 Å². The van der Waals surface area contributed by atoms with Gasteiger partial charge in [0.2, 0.25) is 59.1 Å². The third-order valence-corrected chi connectivity index (χ3v) is 12.5. The topological polar surface area (TPSA) is 594 Å². The molecule has 1 aromatic heterocycles. The van der Waals surface area contributed by atoms with E-state index in [0.717, 1.165) is 51.4 Å². The van der Waals surface area contributed by atoms with Crippen molar-refractivity contribution in [3.05, 3.63) is 52.6 Å². The van der Waals surface area contributed by atoms with Crippen molar-refractivity contribution in [3.63, 3.8) is 0 Å². The maximum Gasteiger partial charge on any atom is 0.351 e. The van der Waals surface area contributed by atoms with Crippen molar-refractivity contribution in [3.8, 4) is 5.75 Å². The lowest BCUT2D eigenvalue weighted by atomic mass is 10.0. The number of ether oxygens (including phenoxy) is 1. The van der Waals surface area contributed by atoms with Crippen molar-refractivity contribution in [1.29, 1.82) is 0 Å². The van der Waals surface area contributed by atoms with Crippen LogP contribution in [0.5, 0.6) is 5.75 Å². The average molecular weight is 1200 g/mol. The van der Waals surface area contributed by atoms with Crippen molar-refractivity contribution in [1.82, 2.24) is 52.1 Å². The second-order valence-corrected chi connectivity index (χ2v) is 19.5. The highest BCUT2D eigenvalue weighted by Crippen LogP contribution is 2.28. The molecule has 0 aliphatic carbocycles. The van der Waals surface area contributed by atoms with Crippen LogP contribution in [-0.4, -0.2) is 236 Å². The number of primary amides is 1. The minimum Gasteiger partial charge on any atom is -0.508 e. The van der Waals surface area contributed by atoms with Gasteiger partial charge in [-0.3, -0.25) is 52.5 Å². The van der Waals surface area contributed by atoms with Crippen LogP contribution in [0.2, 0.25) is 0 Å². The molecule has 0 bridgehead atoms. The molecule has 36 nitrogen and oxygen atoms in total. The van der Waals surface area contributed by atoms with E-state index >= 15 is 0 Å². The Labute approximate surface area is 476 Å². The van der Waals surface area contributed by atoms with Crippen LogP contribution >= 0.6 is 0 Å². The lowest BCUT2D eigenvalue weighted by Crippen LogP contribution is -2.64. The number of carboxylic acids is 1. The number of phenols is 1. The normalized spacial score (nSPS) is 20.3. The molecule has 466 valence electrons. The zero-order valence-corrected chi connectivity index (χ0v) is 45.6. The first-order valence-corrected chi connectivity index (χ1v) is 25.5. The van der Waals surface area contributed by atoms with Gasteiger partial charge >= 0.3 is 11.7 Å². The molecular weight excluding hydrogens is 1130 g/mol. The van der Waals surface area contributed by atoms with Gasteiger partial charge in [0.05, 0.1) is 56.5 Å². The van der Waals surface area contributed by atoms with Crippen LogP contribution in [0.3, 0.4) is 0 Å². The number of carbonyl (C=O) groups excluding carboxylic acids is 10. The SMILES string of the molecule is C[C@@H](NC(=O)[C@@H](N)CC(=O)Nc1ccn([C@@H]2O[C@H](CO)[C@@H](O)[C@@H]2O)c(=O)n1)C(=O)N[C@@H](CO)C(=O)N[C@H](C(=O)N[C@H](C(=O)N[C@H](C(=O)N[C@@H](CC(N)=O)C(=O)N[C@@H](Cc1ccc(O)cc1)C(=O)N[C@H](C(=O)O)[C@@H](C)O)[C@@H](C)O)[C@@H](C)O)[C@@H](C)O. The van der Waals surface area contributed by atoms with E-state index < -0.39 is 207 Å². The lowest BCUT2D eigenvalue weighted by Gasteiger charge is -2.29. The van der Waals surface area contributed by atoms with E-state index in [4.69, 9.17) is 16.2 Å². The van der Waals surface area contributed by atoms with Gasteiger partial charge in [-0.05, 0) is 58.4 Å². The maximum absolute atomic E-state index is 13.7. The number of phenolic OH excluding ortho intramolecular Hbond substituents is 1. The number of amides is 10. The number of aliphatic hydroxyl groups excluding tert-OH is 8. The first-order chi connectivity index (χ1) is 39.2. The predicted octanol–water partition coefficient (Wildman–Crippen LogP) is -11.2. The highest BCUT2D eigenvalue weighted by atomic mass is 16.6. The number of carboxylic acid groups (broad SMARTS) is 1. The molecule has 36 heteroatoms. The van der Waals surface area contributed by atoms with Crippen LogP contribution in [0.1, 0.15) is 59.3 Å². The Hall–Kier alpha value is -8.33. The van der Waals surface area contributed by atoms with E-state index in [2.05, 4.69) is 42.2 Å². The third-order valence-electron chi connectivity index (χ3n) is 12.5. The van der Waals surface area contributed by atoms with Crippen LogP contribution < -0.4 is 65.0 Å². The Balaban J connectivity index is 1.66. The number of anilines is 1. The smallest absolute Gasteiger partial charge is 0.351 e. The van der Waals surface area contributed by atoms with Gasteiger partial charge in [-0.1, -0.05) is 12.1 Å². The molecule has 0 radical (unpaired) electrons. The summed E-state index contributed by atoms with van der Waals surface area (Å²) in [5.74, 6) is -14.6. The highest BCUT2D eigenvalue weighted by Gasteiger charge is 2.44. The fraction of sp³-hybridized carbons (Fsp3) is 0.562. The first-order valence-electron chi connectivity index (χ1n) is 25.5. The highest BCUT2D eigenvalue weighted by molar-refractivity contribution is 6.00. The number of rotatable bonds is 31. The second kappa shape index (κ2) is 31.9. The van der Waals surface area contributed by atoms with Gasteiger partial charge < -0.3 is 115 Å². The molecule has 2 aromatic rings. The molecule has 1 aromatic carbocycles. The van der Waals surface area contributed by atoms with Gasteiger partial charge in [-0.2, -0.15) is 4.98 Å². The van der Waals surface area contributed by atoms with Gasteiger partial charge in [0.25, 0.3) is 0 Å². The summed E-state index contributed by atoms with van der Waals surface area (Å²) in [6.07, 6.45) is -14.0. The van der Waals surface area contributed by atoms with E-state index in [1.54, 1.807) is 0 Å². The number of hydrogen-bond acceptors (Lipinski definition) is 24. The summed E-state index contributed by atoms with van der Waals surface area (Å²) >= 11 is 0. The van der Waals surface area contributed by atoms with Crippen LogP contribution in [0.4, 0.5) is 5.82 Å². The fourth-order valence-electron chi connectivity index (χ4n) is 7.77. The maximum atomic E-state index is 13.7. The summed E-state index contributed by atoms with van der Waals surface area (Å²) in [6, 6.07) is -10.6. The lowest BCUT2D eigenvalue weighted by molar-refractivity contribution is -0.145. The van der Waals surface area contributed by atoms with Crippen molar-refractivity contribution in [2.24, 2.45) is 11.5 Å². The molecule has 1 aliphatic heterocycles. The van der Waals surface area contributed by atoms with E-state index in [0.29, 0.717) is 0 Å². The molecule has 84 heavy (non-hydrogen) atoms. The number of nitrogens with zero attached hydrogens (tertiary/aromatic N) is 2. The molecule has 10 amide bonds. The Morgan fingerprint density at radius 1 is 0.607 bits per heavy atom. The molecule has 1 aliphatic rings. The largest absolute Gasteiger partial charge is 0.508 e. The minimum absolute atomic E-state index is 0.182. The van der Waals surface area contributed by atoms with Gasteiger partial charge in [0, 0.05) is 12.6 Å². The summed E-state index contributed by atoms with van der Waals surface area (Å²) in [4.78, 5) is 160. The molecule has 17 atom stereocenters. The summed E-state index contributed by atoms with van der Waals surface area (Å²) < 4.78 is 6.08. The molecule has 2 heterocycles. The molecule has 1 fully saturated rings. The third kappa shape index (κ3) is 20.2. The Bertz CT molecular complexity index is 2750. The minimum atomic E-state index is -2.09. The van der Waals surface area contributed by atoms with E-state index in [1.807, 2.05) is 10.6 Å². The van der Waals surface area contributed by atoms with Gasteiger partial charge in [0.15, 0.2) is 12.3 Å². The van der Waals surface area contributed by atoms with Crippen LogP contribution in [-0.2, 0) is 63.9 Å². The second-order valence-electron chi connectivity index (χ2n) is 19.5. The molecule has 1 saturated heterocycles. The number of aliphatic carboxylic acids is 1. The molecule has 0 saturated carbocycles. The Morgan fingerprint density at radius 2 is 1.07 bits per heavy atom. The van der Waals surface area contributed by atoms with Crippen molar-refractivity contribution >= 4 is 70.9 Å².